The highest BCUT2D eigenvalue weighted by Gasteiger charge is 2.31. The molecule has 0 spiro atoms. The second-order valence-electron chi connectivity index (χ2n) is 6.72. The summed E-state index contributed by atoms with van der Waals surface area (Å²) in [4.78, 5) is 8.17. The number of nitrogens with zero attached hydrogens (tertiary/aromatic N) is 3. The second-order valence-corrected chi connectivity index (χ2v) is 6.72. The first kappa shape index (κ1) is 21.3. The Kier molecular flexibility index (Phi) is 6.95. The lowest BCUT2D eigenvalue weighted by Crippen LogP contribution is -2.26. The summed E-state index contributed by atoms with van der Waals surface area (Å²) in [6, 6.07) is 10.5. The van der Waals surface area contributed by atoms with Crippen molar-refractivity contribution >= 4 is 18.1 Å². The van der Waals surface area contributed by atoms with Crippen LogP contribution in [0.25, 0.3) is 0 Å². The Morgan fingerprint density at radius 1 is 1.19 bits per heavy atom. The van der Waals surface area contributed by atoms with E-state index in [0.29, 0.717) is 6.54 Å². The maximum Gasteiger partial charge on any atom is 0.417 e. The number of para-hydroxylation sites is 1. The lowest BCUT2D eigenvalue weighted by atomic mass is 10.1. The Bertz CT molecular complexity index is 738. The Morgan fingerprint density at radius 3 is 2.56 bits per heavy atom. The van der Waals surface area contributed by atoms with Crippen molar-refractivity contribution in [2.45, 2.75) is 25.2 Å². The first-order valence-corrected chi connectivity index (χ1v) is 8.50. The lowest BCUT2D eigenvalue weighted by Gasteiger charge is -2.23. The molecule has 1 aromatic heterocycles. The molecule has 1 aromatic carbocycles. The number of aromatic nitrogens is 1. The smallest absolute Gasteiger partial charge is 0.417 e. The third kappa shape index (κ3) is 5.49. The van der Waals surface area contributed by atoms with Crippen LogP contribution in [0.2, 0.25) is 0 Å². The average Bonchev–Trinajstić information content (AvgIpc) is 3.03. The highest BCUT2D eigenvalue weighted by atomic mass is 35.5. The molecule has 27 heavy (non-hydrogen) atoms. The molecular formula is C19H23ClF3N3O. The molecule has 148 valence electrons. The molecule has 0 bridgehead atoms. The second kappa shape index (κ2) is 8.80. The summed E-state index contributed by atoms with van der Waals surface area (Å²) in [5.41, 5.74) is 1.65. The lowest BCUT2D eigenvalue weighted by molar-refractivity contribution is -0.137. The number of halogens is 4. The van der Waals surface area contributed by atoms with Crippen molar-refractivity contribution in [3.05, 3.63) is 53.7 Å². The van der Waals surface area contributed by atoms with Crippen molar-refractivity contribution in [3.8, 4) is 5.88 Å². The minimum Gasteiger partial charge on any atom is -0.472 e. The summed E-state index contributed by atoms with van der Waals surface area (Å²) in [5, 5.41) is 0. The van der Waals surface area contributed by atoms with Gasteiger partial charge in [0, 0.05) is 37.5 Å². The molecule has 3 rings (SSSR count). The number of pyridine rings is 1. The fourth-order valence-corrected chi connectivity index (χ4v) is 3.13. The zero-order valence-corrected chi connectivity index (χ0v) is 16.1. The summed E-state index contributed by atoms with van der Waals surface area (Å²) in [6.07, 6.45) is -2.86. The van der Waals surface area contributed by atoms with Gasteiger partial charge in [-0.25, -0.2) is 4.98 Å². The van der Waals surface area contributed by atoms with Gasteiger partial charge in [0.25, 0.3) is 0 Å². The molecule has 1 fully saturated rings. The number of hydrogen-bond donors (Lipinski definition) is 0. The molecule has 1 aliphatic rings. The first-order valence-electron chi connectivity index (χ1n) is 8.50. The van der Waals surface area contributed by atoms with E-state index in [1.54, 1.807) is 0 Å². The molecule has 2 aromatic rings. The third-order valence-electron chi connectivity index (χ3n) is 4.31. The zero-order valence-electron chi connectivity index (χ0n) is 15.2. The summed E-state index contributed by atoms with van der Waals surface area (Å²) in [5.74, 6) is 0.228. The van der Waals surface area contributed by atoms with Gasteiger partial charge in [-0.2, -0.15) is 13.2 Å². The SMILES string of the molecule is CN(C)Cc1ccccc1N1CCC(Oc2ccc(C(F)(F)F)cn2)C1.Cl. The Morgan fingerprint density at radius 2 is 1.93 bits per heavy atom. The molecule has 0 amide bonds. The van der Waals surface area contributed by atoms with Crippen molar-refractivity contribution in [2.24, 2.45) is 0 Å². The third-order valence-corrected chi connectivity index (χ3v) is 4.31. The van der Waals surface area contributed by atoms with E-state index in [0.717, 1.165) is 31.8 Å². The number of alkyl halides is 3. The van der Waals surface area contributed by atoms with Gasteiger partial charge in [-0.1, -0.05) is 18.2 Å². The molecule has 1 aliphatic heterocycles. The first-order chi connectivity index (χ1) is 12.3. The van der Waals surface area contributed by atoms with Gasteiger partial charge in [0.05, 0.1) is 12.1 Å². The molecule has 0 saturated carbocycles. The molecule has 0 radical (unpaired) electrons. The monoisotopic (exact) mass is 401 g/mol. The summed E-state index contributed by atoms with van der Waals surface area (Å²) in [6.45, 7) is 2.38. The number of rotatable bonds is 5. The van der Waals surface area contributed by atoms with Crippen LogP contribution in [0.4, 0.5) is 18.9 Å². The molecule has 1 atom stereocenters. The normalized spacial score (nSPS) is 17.1. The van der Waals surface area contributed by atoms with Crippen LogP contribution in [-0.4, -0.2) is 43.2 Å². The minimum atomic E-state index is -4.38. The maximum absolute atomic E-state index is 12.6. The Labute approximate surface area is 163 Å². The predicted molar refractivity (Wildman–Crippen MR) is 102 cm³/mol. The van der Waals surface area contributed by atoms with E-state index in [4.69, 9.17) is 4.74 Å². The van der Waals surface area contributed by atoms with Gasteiger partial charge < -0.3 is 14.5 Å². The fraction of sp³-hybridized carbons (Fsp3) is 0.421. The van der Waals surface area contributed by atoms with Gasteiger partial charge in [-0.05, 0) is 31.8 Å². The molecule has 0 N–H and O–H groups in total. The molecule has 8 heteroatoms. The van der Waals surface area contributed by atoms with Crippen LogP contribution in [0.15, 0.2) is 42.6 Å². The molecule has 2 heterocycles. The zero-order chi connectivity index (χ0) is 18.7. The molecule has 0 aliphatic carbocycles. The molecule has 1 unspecified atom stereocenters. The van der Waals surface area contributed by atoms with E-state index in [9.17, 15) is 13.2 Å². The highest BCUT2D eigenvalue weighted by Crippen LogP contribution is 2.30. The van der Waals surface area contributed by atoms with Gasteiger partial charge in [0.2, 0.25) is 5.88 Å². The van der Waals surface area contributed by atoms with Crippen molar-refractivity contribution in [2.75, 3.05) is 32.1 Å². The van der Waals surface area contributed by atoms with E-state index < -0.39 is 11.7 Å². The summed E-state index contributed by atoms with van der Waals surface area (Å²) in [7, 11) is 4.06. The predicted octanol–water partition coefficient (Wildman–Crippen LogP) is 4.24. The Hall–Kier alpha value is -1.99. The quantitative estimate of drug-likeness (QED) is 0.749. The Balaban J connectivity index is 0.00000261. The van der Waals surface area contributed by atoms with Crippen molar-refractivity contribution in [1.82, 2.24) is 9.88 Å². The van der Waals surface area contributed by atoms with Crippen LogP contribution < -0.4 is 9.64 Å². The van der Waals surface area contributed by atoms with Gasteiger partial charge in [0.15, 0.2) is 0 Å². The van der Waals surface area contributed by atoms with Crippen LogP contribution in [0.1, 0.15) is 17.5 Å². The summed E-state index contributed by atoms with van der Waals surface area (Å²) < 4.78 is 43.6. The van der Waals surface area contributed by atoms with Crippen LogP contribution in [-0.2, 0) is 12.7 Å². The number of ether oxygens (including phenoxy) is 1. The van der Waals surface area contributed by atoms with E-state index >= 15 is 0 Å². The van der Waals surface area contributed by atoms with E-state index in [1.807, 2.05) is 26.2 Å². The topological polar surface area (TPSA) is 28.6 Å². The van der Waals surface area contributed by atoms with Crippen LogP contribution in [0.5, 0.6) is 5.88 Å². The van der Waals surface area contributed by atoms with Gasteiger partial charge in [0.1, 0.15) is 6.10 Å². The number of anilines is 1. The van der Waals surface area contributed by atoms with Crippen molar-refractivity contribution in [1.29, 1.82) is 0 Å². The maximum atomic E-state index is 12.6. The van der Waals surface area contributed by atoms with E-state index in [-0.39, 0.29) is 24.4 Å². The van der Waals surface area contributed by atoms with Gasteiger partial charge >= 0.3 is 6.18 Å². The van der Waals surface area contributed by atoms with Crippen LogP contribution in [0.3, 0.4) is 0 Å². The average molecular weight is 402 g/mol. The number of hydrogen-bond acceptors (Lipinski definition) is 4. The van der Waals surface area contributed by atoms with E-state index in [1.165, 1.54) is 17.3 Å². The van der Waals surface area contributed by atoms with Gasteiger partial charge in [-0.3, -0.25) is 0 Å². The minimum absolute atomic E-state index is 0. The van der Waals surface area contributed by atoms with E-state index in [2.05, 4.69) is 26.9 Å². The standard InChI is InChI=1S/C19H22F3N3O.ClH/c1-24(2)12-14-5-3-4-6-17(14)25-10-9-16(13-25)26-18-8-7-15(11-23-18)19(20,21)22;/h3-8,11,16H,9-10,12-13H2,1-2H3;1H. The molecule has 1 saturated heterocycles. The van der Waals surface area contributed by atoms with Crippen molar-refractivity contribution in [3.63, 3.8) is 0 Å². The van der Waals surface area contributed by atoms with Crippen LogP contribution in [0, 0.1) is 0 Å². The molecule has 4 nitrogen and oxygen atoms in total. The summed E-state index contributed by atoms with van der Waals surface area (Å²) >= 11 is 0. The highest BCUT2D eigenvalue weighted by molar-refractivity contribution is 5.85. The fourth-order valence-electron chi connectivity index (χ4n) is 3.13. The van der Waals surface area contributed by atoms with Crippen LogP contribution >= 0.6 is 12.4 Å². The number of benzene rings is 1. The molecular weight excluding hydrogens is 379 g/mol. The van der Waals surface area contributed by atoms with Crippen molar-refractivity contribution < 1.29 is 17.9 Å². The largest absolute Gasteiger partial charge is 0.472 e. The van der Waals surface area contributed by atoms with Gasteiger partial charge in [-0.15, -0.1) is 12.4 Å².